The van der Waals surface area contributed by atoms with E-state index in [1.807, 2.05) is 6.92 Å². The number of carbonyl (C=O) groups is 1. The van der Waals surface area contributed by atoms with Crippen LogP contribution >= 0.6 is 0 Å². The van der Waals surface area contributed by atoms with Gasteiger partial charge in [0.15, 0.2) is 0 Å². The van der Waals surface area contributed by atoms with E-state index in [9.17, 15) is 4.79 Å². The first kappa shape index (κ1) is 7.38. The highest BCUT2D eigenvalue weighted by molar-refractivity contribution is 5.57. The molecule has 0 saturated heterocycles. The minimum atomic E-state index is -1.15. The van der Waals surface area contributed by atoms with Gasteiger partial charge in [0.1, 0.15) is 5.60 Å². The third-order valence-electron chi connectivity index (χ3n) is 1.99. The molecule has 1 fully saturated rings. The molecule has 0 aliphatic heterocycles. The molecular weight excluding hydrogens is 132 g/mol. The van der Waals surface area contributed by atoms with E-state index in [0.29, 0.717) is 0 Å². The minimum absolute atomic E-state index is 0.383. The molecule has 0 bridgehead atoms. The Morgan fingerprint density at radius 2 is 2.00 bits per heavy atom. The minimum Gasteiger partial charge on any atom is -0.450 e. The molecule has 1 rings (SSSR count). The number of carboxylic acid groups (broad SMARTS) is 1. The second-order valence-corrected chi connectivity index (χ2v) is 3.02. The first-order valence-corrected chi connectivity index (χ1v) is 3.54. The zero-order valence-corrected chi connectivity index (χ0v) is 6.09. The zero-order valence-electron chi connectivity index (χ0n) is 6.09. The molecule has 58 valence electrons. The van der Waals surface area contributed by atoms with E-state index in [-0.39, 0.29) is 5.60 Å². The van der Waals surface area contributed by atoms with E-state index >= 15 is 0 Å². The molecule has 1 aliphatic carbocycles. The van der Waals surface area contributed by atoms with E-state index in [1.54, 1.807) is 0 Å². The van der Waals surface area contributed by atoms with Gasteiger partial charge >= 0.3 is 6.16 Å². The topological polar surface area (TPSA) is 46.5 Å². The normalized spacial score (nSPS) is 22.5. The average molecular weight is 144 g/mol. The SMILES string of the molecule is CC1(OC(=O)O)CCCC1. The van der Waals surface area contributed by atoms with Crippen LogP contribution in [0.15, 0.2) is 0 Å². The lowest BCUT2D eigenvalue weighted by molar-refractivity contribution is -0.00303. The van der Waals surface area contributed by atoms with Gasteiger partial charge in [-0.25, -0.2) is 4.79 Å². The Bertz CT molecular complexity index is 136. The number of hydrogen-bond donors (Lipinski definition) is 1. The van der Waals surface area contributed by atoms with Gasteiger partial charge in [-0.05, 0) is 32.6 Å². The molecule has 0 unspecified atom stereocenters. The maximum absolute atomic E-state index is 10.1. The molecule has 10 heavy (non-hydrogen) atoms. The quantitative estimate of drug-likeness (QED) is 0.572. The summed E-state index contributed by atoms with van der Waals surface area (Å²) >= 11 is 0. The highest BCUT2D eigenvalue weighted by Crippen LogP contribution is 2.32. The van der Waals surface area contributed by atoms with Gasteiger partial charge in [0.05, 0.1) is 0 Å². The largest absolute Gasteiger partial charge is 0.506 e. The zero-order chi connectivity index (χ0) is 7.61. The summed E-state index contributed by atoms with van der Waals surface area (Å²) in [6.07, 6.45) is 2.77. The fourth-order valence-corrected chi connectivity index (χ4v) is 1.44. The average Bonchev–Trinajstić information content (AvgIpc) is 2.12. The van der Waals surface area contributed by atoms with Crippen molar-refractivity contribution in [2.24, 2.45) is 0 Å². The van der Waals surface area contributed by atoms with Crippen molar-refractivity contribution in [3.05, 3.63) is 0 Å². The van der Waals surface area contributed by atoms with Crippen LogP contribution in [0.4, 0.5) is 4.79 Å². The fraction of sp³-hybridized carbons (Fsp3) is 0.857. The molecule has 0 aromatic carbocycles. The lowest BCUT2D eigenvalue weighted by atomic mass is 10.1. The summed E-state index contributed by atoms with van der Waals surface area (Å²) in [7, 11) is 0. The van der Waals surface area contributed by atoms with Crippen LogP contribution in [0.1, 0.15) is 32.6 Å². The van der Waals surface area contributed by atoms with Gasteiger partial charge in [-0.15, -0.1) is 0 Å². The smallest absolute Gasteiger partial charge is 0.450 e. The number of rotatable bonds is 1. The lowest BCUT2D eigenvalue weighted by Crippen LogP contribution is -2.26. The molecule has 0 spiro atoms. The van der Waals surface area contributed by atoms with Crippen LogP contribution in [0, 0.1) is 0 Å². The summed E-state index contributed by atoms with van der Waals surface area (Å²) in [4.78, 5) is 10.1. The van der Waals surface area contributed by atoms with Crippen molar-refractivity contribution in [2.45, 2.75) is 38.2 Å². The maximum atomic E-state index is 10.1. The molecule has 0 atom stereocenters. The summed E-state index contributed by atoms with van der Waals surface area (Å²) in [5.74, 6) is 0. The monoisotopic (exact) mass is 144 g/mol. The molecule has 3 nitrogen and oxygen atoms in total. The van der Waals surface area contributed by atoms with E-state index in [2.05, 4.69) is 0 Å². The highest BCUT2D eigenvalue weighted by Gasteiger charge is 2.32. The van der Waals surface area contributed by atoms with E-state index < -0.39 is 6.16 Å². The molecule has 0 aromatic heterocycles. The highest BCUT2D eigenvalue weighted by atomic mass is 16.7. The number of hydrogen-bond acceptors (Lipinski definition) is 2. The van der Waals surface area contributed by atoms with Crippen molar-refractivity contribution in [1.82, 2.24) is 0 Å². The van der Waals surface area contributed by atoms with E-state index in [4.69, 9.17) is 9.84 Å². The molecular formula is C7H12O3. The van der Waals surface area contributed by atoms with Gasteiger partial charge in [0.25, 0.3) is 0 Å². The van der Waals surface area contributed by atoms with Crippen LogP contribution in [0.3, 0.4) is 0 Å². The molecule has 3 heteroatoms. The third-order valence-corrected chi connectivity index (χ3v) is 1.99. The molecule has 0 aromatic rings. The van der Waals surface area contributed by atoms with Gasteiger partial charge in [-0.2, -0.15) is 0 Å². The van der Waals surface area contributed by atoms with Gasteiger partial charge < -0.3 is 9.84 Å². The molecule has 0 amide bonds. The Hall–Kier alpha value is -0.730. The second kappa shape index (κ2) is 2.48. The fourth-order valence-electron chi connectivity index (χ4n) is 1.44. The van der Waals surface area contributed by atoms with Crippen LogP contribution in [-0.4, -0.2) is 16.9 Å². The van der Waals surface area contributed by atoms with Crippen molar-refractivity contribution in [1.29, 1.82) is 0 Å². The van der Waals surface area contributed by atoms with Crippen LogP contribution in [0.2, 0.25) is 0 Å². The summed E-state index contributed by atoms with van der Waals surface area (Å²) in [6, 6.07) is 0. The summed E-state index contributed by atoms with van der Waals surface area (Å²) in [6.45, 7) is 1.86. The van der Waals surface area contributed by atoms with Crippen LogP contribution in [0.5, 0.6) is 0 Å². The van der Waals surface area contributed by atoms with Crippen molar-refractivity contribution in [3.8, 4) is 0 Å². The summed E-state index contributed by atoms with van der Waals surface area (Å²) < 4.78 is 4.72. The first-order chi connectivity index (χ1) is 4.62. The summed E-state index contributed by atoms with van der Waals surface area (Å²) in [5.41, 5.74) is -0.383. The van der Waals surface area contributed by atoms with Gasteiger partial charge in [0.2, 0.25) is 0 Å². The van der Waals surface area contributed by atoms with Crippen LogP contribution < -0.4 is 0 Å². The van der Waals surface area contributed by atoms with Gasteiger partial charge in [-0.1, -0.05) is 0 Å². The molecule has 1 N–H and O–H groups in total. The Kier molecular flexibility index (Phi) is 1.83. The van der Waals surface area contributed by atoms with Crippen LogP contribution in [0.25, 0.3) is 0 Å². The van der Waals surface area contributed by atoms with Crippen molar-refractivity contribution in [3.63, 3.8) is 0 Å². The molecule has 1 aliphatic rings. The Morgan fingerprint density at radius 3 is 2.40 bits per heavy atom. The molecule has 1 saturated carbocycles. The Balaban J connectivity index is 2.43. The van der Waals surface area contributed by atoms with Crippen LogP contribution in [-0.2, 0) is 4.74 Å². The predicted octanol–water partition coefficient (Wildman–Crippen LogP) is 2.01. The lowest BCUT2D eigenvalue weighted by Gasteiger charge is -2.21. The van der Waals surface area contributed by atoms with Gasteiger partial charge in [-0.3, -0.25) is 0 Å². The summed E-state index contributed by atoms with van der Waals surface area (Å²) in [5, 5.41) is 8.32. The van der Waals surface area contributed by atoms with E-state index in [1.165, 1.54) is 0 Å². The third kappa shape index (κ3) is 1.62. The Morgan fingerprint density at radius 1 is 1.50 bits per heavy atom. The van der Waals surface area contributed by atoms with Crippen molar-refractivity contribution >= 4 is 6.16 Å². The van der Waals surface area contributed by atoms with Crippen molar-refractivity contribution in [2.75, 3.05) is 0 Å². The molecule has 0 radical (unpaired) electrons. The number of ether oxygens (including phenoxy) is 1. The van der Waals surface area contributed by atoms with Crippen molar-refractivity contribution < 1.29 is 14.6 Å². The first-order valence-electron chi connectivity index (χ1n) is 3.54. The predicted molar refractivity (Wildman–Crippen MR) is 36.0 cm³/mol. The van der Waals surface area contributed by atoms with E-state index in [0.717, 1.165) is 25.7 Å². The standard InChI is InChI=1S/C7H12O3/c1-7(10-6(8)9)4-2-3-5-7/h2-5H2,1H3,(H,8,9). The maximum Gasteiger partial charge on any atom is 0.506 e. The Labute approximate surface area is 60.0 Å². The second-order valence-electron chi connectivity index (χ2n) is 3.02. The molecule has 0 heterocycles. The van der Waals surface area contributed by atoms with Gasteiger partial charge in [0, 0.05) is 0 Å².